The molecule has 4 heteroatoms. The lowest BCUT2D eigenvalue weighted by molar-refractivity contribution is 0.669. The highest BCUT2D eigenvalue weighted by molar-refractivity contribution is 7.98. The number of nitriles is 1. The van der Waals surface area contributed by atoms with Crippen LogP contribution in [0.1, 0.15) is 19.0 Å². The molecule has 1 aromatic heterocycles. The summed E-state index contributed by atoms with van der Waals surface area (Å²) in [7, 11) is 2.06. The maximum Gasteiger partial charge on any atom is 0.142 e. The molecular weight excluding hydrogens is 218 g/mol. The number of pyridine rings is 1. The number of rotatable bonds is 5. The summed E-state index contributed by atoms with van der Waals surface area (Å²) in [5.41, 5.74) is 1.53. The van der Waals surface area contributed by atoms with Gasteiger partial charge in [-0.3, -0.25) is 0 Å². The van der Waals surface area contributed by atoms with Crippen LogP contribution in [-0.4, -0.2) is 30.1 Å². The van der Waals surface area contributed by atoms with Gasteiger partial charge in [0.25, 0.3) is 0 Å². The fourth-order valence-corrected chi connectivity index (χ4v) is 2.01. The summed E-state index contributed by atoms with van der Waals surface area (Å²) in [6.07, 6.45) is 4.94. The van der Waals surface area contributed by atoms with Crippen molar-refractivity contribution in [3.63, 3.8) is 0 Å². The Kier molecular flexibility index (Phi) is 5.13. The van der Waals surface area contributed by atoms with Gasteiger partial charge in [-0.15, -0.1) is 0 Å². The van der Waals surface area contributed by atoms with Gasteiger partial charge in [-0.1, -0.05) is 0 Å². The molecule has 0 saturated heterocycles. The van der Waals surface area contributed by atoms with E-state index in [0.717, 1.165) is 17.9 Å². The summed E-state index contributed by atoms with van der Waals surface area (Å²) >= 11 is 1.86. The van der Waals surface area contributed by atoms with Crippen LogP contribution in [0.25, 0.3) is 0 Å². The van der Waals surface area contributed by atoms with Gasteiger partial charge >= 0.3 is 0 Å². The van der Waals surface area contributed by atoms with Crippen LogP contribution in [0.2, 0.25) is 0 Å². The molecule has 16 heavy (non-hydrogen) atoms. The number of hydrogen-bond acceptors (Lipinski definition) is 4. The molecule has 0 fully saturated rings. The quantitative estimate of drug-likeness (QED) is 0.786. The van der Waals surface area contributed by atoms with E-state index in [1.54, 1.807) is 6.20 Å². The zero-order chi connectivity index (χ0) is 12.0. The average molecular weight is 235 g/mol. The third-order valence-corrected chi connectivity index (χ3v) is 3.31. The maximum atomic E-state index is 8.79. The van der Waals surface area contributed by atoms with Crippen LogP contribution in [0.4, 0.5) is 5.69 Å². The van der Waals surface area contributed by atoms with Crippen molar-refractivity contribution in [1.82, 2.24) is 4.98 Å². The van der Waals surface area contributed by atoms with Crippen molar-refractivity contribution in [1.29, 1.82) is 5.26 Å². The van der Waals surface area contributed by atoms with Crippen LogP contribution in [0.3, 0.4) is 0 Å². The smallest absolute Gasteiger partial charge is 0.142 e. The summed E-state index contributed by atoms with van der Waals surface area (Å²) in [4.78, 5) is 6.16. The van der Waals surface area contributed by atoms with Gasteiger partial charge in [0, 0.05) is 25.0 Å². The third kappa shape index (κ3) is 3.42. The Balaban J connectivity index is 2.71. The molecule has 1 aromatic rings. The molecule has 0 amide bonds. The van der Waals surface area contributed by atoms with E-state index < -0.39 is 0 Å². The van der Waals surface area contributed by atoms with Crippen molar-refractivity contribution < 1.29 is 0 Å². The molecule has 0 N–H and O–H groups in total. The van der Waals surface area contributed by atoms with Gasteiger partial charge < -0.3 is 4.90 Å². The molecule has 1 atom stereocenters. The molecule has 3 nitrogen and oxygen atoms in total. The van der Waals surface area contributed by atoms with Crippen LogP contribution in [0, 0.1) is 11.3 Å². The first-order chi connectivity index (χ1) is 7.69. The van der Waals surface area contributed by atoms with Gasteiger partial charge in [-0.25, -0.2) is 4.98 Å². The number of nitrogens with zero attached hydrogens (tertiary/aromatic N) is 3. The Morgan fingerprint density at radius 2 is 2.38 bits per heavy atom. The minimum Gasteiger partial charge on any atom is -0.372 e. The molecule has 0 saturated carbocycles. The molecular formula is C12H17N3S. The summed E-state index contributed by atoms with van der Waals surface area (Å²) in [5, 5.41) is 8.79. The fraction of sp³-hybridized carbons (Fsp3) is 0.500. The van der Waals surface area contributed by atoms with Gasteiger partial charge in [0.05, 0.1) is 0 Å². The third-order valence-electron chi connectivity index (χ3n) is 2.67. The average Bonchev–Trinajstić information content (AvgIpc) is 2.35. The van der Waals surface area contributed by atoms with E-state index in [4.69, 9.17) is 5.26 Å². The summed E-state index contributed by atoms with van der Waals surface area (Å²) < 4.78 is 0. The van der Waals surface area contributed by atoms with Crippen LogP contribution in [0.15, 0.2) is 18.3 Å². The lowest BCUT2D eigenvalue weighted by Crippen LogP contribution is -2.29. The van der Waals surface area contributed by atoms with Crippen molar-refractivity contribution >= 4 is 17.4 Å². The molecule has 86 valence electrons. The van der Waals surface area contributed by atoms with Gasteiger partial charge in [0.1, 0.15) is 11.8 Å². The van der Waals surface area contributed by atoms with Crippen molar-refractivity contribution in [2.75, 3.05) is 24.0 Å². The predicted molar refractivity (Wildman–Crippen MR) is 69.8 cm³/mol. The monoisotopic (exact) mass is 235 g/mol. The molecule has 0 radical (unpaired) electrons. The lowest BCUT2D eigenvalue weighted by atomic mass is 10.2. The second kappa shape index (κ2) is 6.39. The van der Waals surface area contributed by atoms with Gasteiger partial charge in [0.2, 0.25) is 0 Å². The Labute approximate surface area is 101 Å². The molecule has 1 heterocycles. The zero-order valence-electron chi connectivity index (χ0n) is 9.97. The number of hydrogen-bond donors (Lipinski definition) is 0. The van der Waals surface area contributed by atoms with Crippen molar-refractivity contribution in [2.24, 2.45) is 0 Å². The molecule has 1 rings (SSSR count). The molecule has 0 aliphatic carbocycles. The first-order valence-corrected chi connectivity index (χ1v) is 6.66. The number of thioether (sulfide) groups is 1. The highest BCUT2D eigenvalue weighted by atomic mass is 32.2. The van der Waals surface area contributed by atoms with Crippen LogP contribution >= 0.6 is 11.8 Å². The largest absolute Gasteiger partial charge is 0.372 e. The van der Waals surface area contributed by atoms with E-state index in [9.17, 15) is 0 Å². The predicted octanol–water partition coefficient (Wildman–Crippen LogP) is 2.53. The van der Waals surface area contributed by atoms with E-state index in [1.165, 1.54) is 0 Å². The van der Waals surface area contributed by atoms with Gasteiger partial charge in [-0.05, 0) is 37.5 Å². The highest BCUT2D eigenvalue weighted by Gasteiger charge is 2.10. The van der Waals surface area contributed by atoms with Gasteiger partial charge in [-0.2, -0.15) is 17.0 Å². The van der Waals surface area contributed by atoms with E-state index in [1.807, 2.05) is 23.9 Å². The molecule has 1 unspecified atom stereocenters. The summed E-state index contributed by atoms with van der Waals surface area (Å²) in [6.45, 7) is 2.20. The Morgan fingerprint density at radius 1 is 1.62 bits per heavy atom. The second-order valence-corrected chi connectivity index (χ2v) is 4.74. The summed E-state index contributed by atoms with van der Waals surface area (Å²) in [5.74, 6) is 1.15. The molecule has 0 aromatic carbocycles. The molecule has 0 aliphatic rings. The van der Waals surface area contributed by atoms with Gasteiger partial charge in [0.15, 0.2) is 0 Å². The van der Waals surface area contributed by atoms with Crippen molar-refractivity contribution in [3.05, 3.63) is 24.0 Å². The number of aromatic nitrogens is 1. The van der Waals surface area contributed by atoms with Crippen LogP contribution in [-0.2, 0) is 0 Å². The Morgan fingerprint density at radius 3 is 3.00 bits per heavy atom. The van der Waals surface area contributed by atoms with E-state index >= 15 is 0 Å². The second-order valence-electron chi connectivity index (χ2n) is 3.75. The molecule has 0 spiro atoms. The normalized spacial score (nSPS) is 11.9. The Bertz CT molecular complexity index is 373. The standard InChI is InChI=1S/C12H17N3S/c1-10(5-7-16-3)15(2)12-4-6-14-11(8-12)9-13/h4,6,8,10H,5,7H2,1-3H3. The van der Waals surface area contributed by atoms with E-state index in [2.05, 4.69) is 36.2 Å². The highest BCUT2D eigenvalue weighted by Crippen LogP contribution is 2.17. The van der Waals surface area contributed by atoms with E-state index in [-0.39, 0.29) is 0 Å². The topological polar surface area (TPSA) is 39.9 Å². The van der Waals surface area contributed by atoms with Crippen LogP contribution < -0.4 is 4.90 Å². The minimum absolute atomic E-state index is 0.474. The maximum absolute atomic E-state index is 8.79. The molecule has 0 aliphatic heterocycles. The molecule has 0 bridgehead atoms. The zero-order valence-corrected chi connectivity index (χ0v) is 10.8. The Hall–Kier alpha value is -1.21. The van der Waals surface area contributed by atoms with Crippen LogP contribution in [0.5, 0.6) is 0 Å². The van der Waals surface area contributed by atoms with Crippen molar-refractivity contribution in [2.45, 2.75) is 19.4 Å². The number of anilines is 1. The van der Waals surface area contributed by atoms with E-state index in [0.29, 0.717) is 11.7 Å². The summed E-state index contributed by atoms with van der Waals surface area (Å²) in [6, 6.07) is 6.31. The van der Waals surface area contributed by atoms with Crippen molar-refractivity contribution in [3.8, 4) is 6.07 Å². The fourth-order valence-electron chi connectivity index (χ4n) is 1.44. The SMILES string of the molecule is CSCCC(C)N(C)c1ccnc(C#N)c1. The lowest BCUT2D eigenvalue weighted by Gasteiger charge is -2.26. The first kappa shape index (κ1) is 12.9. The minimum atomic E-state index is 0.474. The first-order valence-electron chi connectivity index (χ1n) is 5.27.